The number of H-pyrrole nitrogens is 1. The fourth-order valence-corrected chi connectivity index (χ4v) is 2.92. The van der Waals surface area contributed by atoms with Crippen molar-refractivity contribution in [3.8, 4) is 5.75 Å². The molecule has 0 fully saturated rings. The van der Waals surface area contributed by atoms with E-state index in [1.807, 2.05) is 36.4 Å². The van der Waals surface area contributed by atoms with Gasteiger partial charge in [-0.15, -0.1) is 0 Å². The predicted molar refractivity (Wildman–Crippen MR) is 110 cm³/mol. The number of phenols is 1. The normalized spacial score (nSPS) is 11.5. The van der Waals surface area contributed by atoms with E-state index in [9.17, 15) is 4.79 Å². The maximum Gasteiger partial charge on any atom is 0.352 e. The van der Waals surface area contributed by atoms with Gasteiger partial charge >= 0.3 is 5.97 Å². The van der Waals surface area contributed by atoms with E-state index in [4.69, 9.17) is 15.9 Å². The average molecular weight is 374 g/mol. The molecule has 0 amide bonds. The number of aromatic amines is 1. The molecule has 28 heavy (non-hydrogen) atoms. The highest BCUT2D eigenvalue weighted by atomic mass is 16.4. The number of aromatic hydroxyl groups is 1. The lowest BCUT2D eigenvalue weighted by molar-refractivity contribution is 0.0691. The van der Waals surface area contributed by atoms with E-state index in [2.05, 4.69) is 29.2 Å². The van der Waals surface area contributed by atoms with Crippen molar-refractivity contribution in [2.75, 3.05) is 0 Å². The van der Waals surface area contributed by atoms with Crippen LogP contribution >= 0.6 is 0 Å². The van der Waals surface area contributed by atoms with Crippen LogP contribution in [-0.2, 0) is 6.42 Å². The van der Waals surface area contributed by atoms with Gasteiger partial charge in [-0.2, -0.15) is 0 Å². The van der Waals surface area contributed by atoms with Crippen LogP contribution in [0.15, 0.2) is 84.9 Å². The molecule has 0 radical (unpaired) electrons. The molecule has 0 aliphatic heterocycles. The number of aromatic carboxylic acids is 1. The summed E-state index contributed by atoms with van der Waals surface area (Å²) in [6.07, 6.45) is 0.894. The van der Waals surface area contributed by atoms with Gasteiger partial charge in [0.25, 0.3) is 0 Å². The molecule has 1 aromatic heterocycles. The molecule has 1 heterocycles. The van der Waals surface area contributed by atoms with Crippen LogP contribution < -0.4 is 5.73 Å². The maximum atomic E-state index is 10.6. The first-order valence-electron chi connectivity index (χ1n) is 8.92. The molecule has 0 aliphatic carbocycles. The fourth-order valence-electron chi connectivity index (χ4n) is 2.92. The Hall–Kier alpha value is -3.57. The quantitative estimate of drug-likeness (QED) is 0.422. The summed E-state index contributed by atoms with van der Waals surface area (Å²) in [5.41, 5.74) is 9.36. The van der Waals surface area contributed by atoms with E-state index in [1.54, 1.807) is 6.07 Å². The Kier molecular flexibility index (Phi) is 6.09. The van der Waals surface area contributed by atoms with Gasteiger partial charge in [-0.1, -0.05) is 60.7 Å². The van der Waals surface area contributed by atoms with Crippen molar-refractivity contribution in [2.24, 2.45) is 5.73 Å². The van der Waals surface area contributed by atoms with Gasteiger partial charge in [0.1, 0.15) is 11.4 Å². The number of hydrogen-bond acceptors (Lipinski definition) is 3. The molecule has 0 saturated heterocycles. The van der Waals surface area contributed by atoms with Crippen LogP contribution in [0.5, 0.6) is 5.75 Å². The maximum absolute atomic E-state index is 10.6. The van der Waals surface area contributed by atoms with E-state index >= 15 is 0 Å². The van der Waals surface area contributed by atoms with Crippen molar-refractivity contribution in [3.63, 3.8) is 0 Å². The molecule has 0 saturated carbocycles. The SMILES string of the molecule is NC(Cc1ccccc1)c1ccccc1.O=C(O)c1cc2ccc(O)cc2[nH]1. The number of aromatic nitrogens is 1. The van der Waals surface area contributed by atoms with Gasteiger partial charge < -0.3 is 20.9 Å². The van der Waals surface area contributed by atoms with Crippen molar-refractivity contribution in [3.05, 3.63) is 102 Å². The smallest absolute Gasteiger partial charge is 0.352 e. The number of benzene rings is 3. The first kappa shape index (κ1) is 19.2. The third-order valence-electron chi connectivity index (χ3n) is 4.36. The third-order valence-corrected chi connectivity index (χ3v) is 4.36. The van der Waals surface area contributed by atoms with Gasteiger partial charge in [0, 0.05) is 23.0 Å². The van der Waals surface area contributed by atoms with Gasteiger partial charge in [0.05, 0.1) is 0 Å². The van der Waals surface area contributed by atoms with Gasteiger partial charge in [0.2, 0.25) is 0 Å². The third kappa shape index (κ3) is 4.99. The number of nitrogens with one attached hydrogen (secondary N) is 1. The summed E-state index contributed by atoms with van der Waals surface area (Å²) < 4.78 is 0. The Morgan fingerprint density at radius 1 is 0.929 bits per heavy atom. The molecule has 3 aromatic carbocycles. The summed E-state index contributed by atoms with van der Waals surface area (Å²) in [4.78, 5) is 13.2. The average Bonchev–Trinajstić information content (AvgIpc) is 3.13. The molecule has 0 bridgehead atoms. The van der Waals surface area contributed by atoms with E-state index < -0.39 is 5.97 Å². The Balaban J connectivity index is 0.000000162. The molecule has 0 aliphatic rings. The summed E-state index contributed by atoms with van der Waals surface area (Å²) in [5.74, 6) is -0.887. The second-order valence-electron chi connectivity index (χ2n) is 6.47. The van der Waals surface area contributed by atoms with Crippen molar-refractivity contribution >= 4 is 16.9 Å². The van der Waals surface area contributed by atoms with Crippen LogP contribution in [0.2, 0.25) is 0 Å². The lowest BCUT2D eigenvalue weighted by Crippen LogP contribution is -2.12. The number of carbonyl (C=O) groups is 1. The topological polar surface area (TPSA) is 99.3 Å². The van der Waals surface area contributed by atoms with Crippen molar-refractivity contribution in [2.45, 2.75) is 12.5 Å². The second kappa shape index (κ2) is 8.88. The van der Waals surface area contributed by atoms with Crippen LogP contribution in [0, 0.1) is 0 Å². The Morgan fingerprint density at radius 2 is 1.57 bits per heavy atom. The number of fused-ring (bicyclic) bond motifs is 1. The number of phenolic OH excluding ortho intramolecular Hbond substituents is 1. The summed E-state index contributed by atoms with van der Waals surface area (Å²) in [6, 6.07) is 26.9. The molecule has 142 valence electrons. The number of hydrogen-bond donors (Lipinski definition) is 4. The molecule has 1 unspecified atom stereocenters. The largest absolute Gasteiger partial charge is 0.508 e. The van der Waals surface area contributed by atoms with Gasteiger partial charge in [-0.25, -0.2) is 4.79 Å². The number of rotatable bonds is 4. The van der Waals surface area contributed by atoms with Crippen LogP contribution in [0.3, 0.4) is 0 Å². The lowest BCUT2D eigenvalue weighted by Gasteiger charge is -2.11. The molecule has 5 heteroatoms. The number of nitrogens with two attached hydrogens (primary N) is 1. The standard InChI is InChI=1S/C14H15N.C9H7NO3/c15-14(13-9-5-2-6-10-13)11-12-7-3-1-4-8-12;11-6-2-1-5-3-8(9(12)13)10-7(5)4-6/h1-10,14H,11,15H2;1-4,10-11H,(H,12,13). The summed E-state index contributed by atoms with van der Waals surface area (Å²) in [6.45, 7) is 0. The molecular formula is C23H22N2O3. The fraction of sp³-hybridized carbons (Fsp3) is 0.0870. The van der Waals surface area contributed by atoms with E-state index in [0.29, 0.717) is 5.52 Å². The summed E-state index contributed by atoms with van der Waals surface area (Å²) >= 11 is 0. The molecule has 5 nitrogen and oxygen atoms in total. The monoisotopic (exact) mass is 374 g/mol. The minimum atomic E-state index is -1.00. The van der Waals surface area contributed by atoms with E-state index in [-0.39, 0.29) is 17.5 Å². The van der Waals surface area contributed by atoms with Crippen LogP contribution in [0.4, 0.5) is 0 Å². The highest BCUT2D eigenvalue weighted by Gasteiger charge is 2.07. The molecule has 4 rings (SSSR count). The number of carboxylic acids is 1. The van der Waals surface area contributed by atoms with Gasteiger partial charge in [-0.3, -0.25) is 0 Å². The van der Waals surface area contributed by atoms with E-state index in [0.717, 1.165) is 11.8 Å². The second-order valence-corrected chi connectivity index (χ2v) is 6.47. The summed E-state index contributed by atoms with van der Waals surface area (Å²) in [5, 5.41) is 18.5. The minimum Gasteiger partial charge on any atom is -0.508 e. The molecule has 0 spiro atoms. The molecular weight excluding hydrogens is 352 g/mol. The van der Waals surface area contributed by atoms with Crippen LogP contribution in [-0.4, -0.2) is 21.2 Å². The van der Waals surface area contributed by atoms with Crippen molar-refractivity contribution in [1.29, 1.82) is 0 Å². The first-order chi connectivity index (χ1) is 13.5. The van der Waals surface area contributed by atoms with Crippen LogP contribution in [0.25, 0.3) is 10.9 Å². The lowest BCUT2D eigenvalue weighted by atomic mass is 10.00. The van der Waals surface area contributed by atoms with Crippen LogP contribution in [0.1, 0.15) is 27.7 Å². The van der Waals surface area contributed by atoms with Gasteiger partial charge in [-0.05, 0) is 35.7 Å². The molecule has 5 N–H and O–H groups in total. The first-order valence-corrected chi connectivity index (χ1v) is 8.92. The summed E-state index contributed by atoms with van der Waals surface area (Å²) in [7, 11) is 0. The van der Waals surface area contributed by atoms with Crippen molar-refractivity contribution < 1.29 is 15.0 Å². The van der Waals surface area contributed by atoms with Gasteiger partial charge in [0.15, 0.2) is 0 Å². The highest BCUT2D eigenvalue weighted by Crippen LogP contribution is 2.20. The zero-order valence-corrected chi connectivity index (χ0v) is 15.2. The predicted octanol–water partition coefficient (Wildman–Crippen LogP) is 4.50. The molecule has 4 aromatic rings. The Morgan fingerprint density at radius 3 is 2.21 bits per heavy atom. The zero-order valence-electron chi connectivity index (χ0n) is 15.2. The molecule has 1 atom stereocenters. The highest BCUT2D eigenvalue weighted by molar-refractivity contribution is 5.94. The number of carboxylic acid groups (broad SMARTS) is 1. The minimum absolute atomic E-state index is 0.0913. The Labute approximate surface area is 163 Å². The van der Waals surface area contributed by atoms with E-state index in [1.165, 1.54) is 29.3 Å². The zero-order chi connectivity index (χ0) is 19.9. The van der Waals surface area contributed by atoms with Crippen molar-refractivity contribution in [1.82, 2.24) is 4.98 Å². The Bertz CT molecular complexity index is 1040.